The van der Waals surface area contributed by atoms with Crippen LogP contribution in [0.1, 0.15) is 362 Å². The van der Waals surface area contributed by atoms with Gasteiger partial charge in [0.2, 0.25) is 0 Å². The van der Waals surface area contributed by atoms with Crippen molar-refractivity contribution in [1.82, 2.24) is 0 Å². The molecular weight excluding hydrogens is 1260 g/mol. The number of carbonyl (C=O) groups excluding carboxylic acids is 4. The fourth-order valence-electron chi connectivity index (χ4n) is 10.8. The molecule has 2 unspecified atom stereocenters. The standard InChI is InChI=1S/C77H142O17P2/c1-5-9-13-17-21-25-29-33-35-39-42-46-50-54-58-62-75(80)88-68-72(93-76(81)63-59-55-51-47-43-38-32-28-24-20-16-12-8-4)69-91-95(83,84)89-65-71(78)66-90-96(85,86)92-70-73(67-87-74(79)61-57-53-49-45-41-37-31-27-23-19-15-11-7-3)94-77(82)64-60-56-52-48-44-40-36-34-30-26-22-18-14-10-6-2/h22,26-27,31,33-36,71-73,78H,5-21,23-25,28-30,32,37-70H2,1-4H3,(H,83,84)(H,85,86)/b26-22-,31-27-,35-33-,36-34-/t71-,72-,73-/m1/s1. The van der Waals surface area contributed by atoms with Gasteiger partial charge < -0.3 is 33.8 Å². The van der Waals surface area contributed by atoms with Gasteiger partial charge in [0.1, 0.15) is 19.3 Å². The first-order chi connectivity index (χ1) is 46.7. The number of phosphoric acid groups is 2. The highest BCUT2D eigenvalue weighted by molar-refractivity contribution is 7.47. The number of unbranched alkanes of at least 4 members (excludes halogenated alkanes) is 40. The summed E-state index contributed by atoms with van der Waals surface area (Å²) in [5.41, 5.74) is 0. The molecule has 19 heteroatoms. The lowest BCUT2D eigenvalue weighted by atomic mass is 10.0. The van der Waals surface area contributed by atoms with Crippen LogP contribution in [0, 0.1) is 0 Å². The molecule has 0 saturated carbocycles. The molecule has 0 aromatic heterocycles. The molecule has 96 heavy (non-hydrogen) atoms. The van der Waals surface area contributed by atoms with Crippen LogP contribution in [0.3, 0.4) is 0 Å². The summed E-state index contributed by atoms with van der Waals surface area (Å²) in [5.74, 6) is -2.17. The van der Waals surface area contributed by atoms with Gasteiger partial charge in [0.25, 0.3) is 0 Å². The van der Waals surface area contributed by atoms with Gasteiger partial charge in [-0.1, -0.05) is 275 Å². The van der Waals surface area contributed by atoms with Gasteiger partial charge in [-0.3, -0.25) is 37.3 Å². The van der Waals surface area contributed by atoms with E-state index in [0.29, 0.717) is 25.7 Å². The van der Waals surface area contributed by atoms with Gasteiger partial charge >= 0.3 is 39.5 Å². The van der Waals surface area contributed by atoms with Crippen molar-refractivity contribution in [3.8, 4) is 0 Å². The van der Waals surface area contributed by atoms with Crippen LogP contribution >= 0.6 is 15.6 Å². The van der Waals surface area contributed by atoms with Gasteiger partial charge in [0.05, 0.1) is 26.4 Å². The van der Waals surface area contributed by atoms with E-state index in [1.807, 2.05) is 0 Å². The van der Waals surface area contributed by atoms with Crippen molar-refractivity contribution in [2.45, 2.75) is 380 Å². The maximum atomic E-state index is 13.1. The van der Waals surface area contributed by atoms with E-state index in [2.05, 4.69) is 76.3 Å². The maximum Gasteiger partial charge on any atom is 0.472 e. The highest BCUT2D eigenvalue weighted by Crippen LogP contribution is 2.45. The van der Waals surface area contributed by atoms with E-state index in [1.54, 1.807) is 0 Å². The fourth-order valence-corrected chi connectivity index (χ4v) is 12.3. The van der Waals surface area contributed by atoms with Gasteiger partial charge in [0, 0.05) is 25.7 Å². The molecule has 0 aliphatic rings. The SMILES string of the molecule is CCCCC/C=C\C/C=C\CCCCCCCC(=O)O[C@H](COC(=O)CCCCCCC/C=C\CCCCCC)COP(=O)(O)OC[C@H](O)COP(=O)(O)OC[C@@H](COC(=O)CCCCCCC/C=C\CCCCCCCC)OC(=O)CCCCCCCCCCCCCCC. The van der Waals surface area contributed by atoms with Gasteiger partial charge in [0.15, 0.2) is 12.2 Å². The number of phosphoric ester groups is 2. The number of hydrogen-bond acceptors (Lipinski definition) is 15. The Labute approximate surface area is 585 Å². The maximum absolute atomic E-state index is 13.1. The first kappa shape index (κ1) is 93.0. The third kappa shape index (κ3) is 69.5. The van der Waals surface area contributed by atoms with Crippen molar-refractivity contribution in [2.75, 3.05) is 39.6 Å². The van der Waals surface area contributed by atoms with Crippen molar-refractivity contribution >= 4 is 39.5 Å². The lowest BCUT2D eigenvalue weighted by Crippen LogP contribution is -2.30. The molecule has 3 N–H and O–H groups in total. The van der Waals surface area contributed by atoms with Crippen LogP contribution in [0.2, 0.25) is 0 Å². The molecule has 0 fully saturated rings. The summed E-state index contributed by atoms with van der Waals surface area (Å²) in [5, 5.41) is 10.6. The van der Waals surface area contributed by atoms with Crippen molar-refractivity contribution in [2.24, 2.45) is 0 Å². The average Bonchev–Trinajstić information content (AvgIpc) is 1.29. The third-order valence-corrected chi connectivity index (χ3v) is 18.7. The van der Waals surface area contributed by atoms with Gasteiger partial charge in [-0.2, -0.15) is 0 Å². The van der Waals surface area contributed by atoms with Gasteiger partial charge in [-0.25, -0.2) is 9.13 Å². The summed E-state index contributed by atoms with van der Waals surface area (Å²) in [6.45, 7) is 4.86. The third-order valence-electron chi connectivity index (χ3n) is 16.8. The van der Waals surface area contributed by atoms with Crippen LogP contribution in [0.15, 0.2) is 48.6 Å². The van der Waals surface area contributed by atoms with E-state index in [0.717, 1.165) is 148 Å². The average molecular weight is 1400 g/mol. The first-order valence-electron chi connectivity index (χ1n) is 38.9. The minimum absolute atomic E-state index is 0.0820. The number of aliphatic hydroxyl groups is 1. The quantitative estimate of drug-likeness (QED) is 0.0169. The number of ether oxygens (including phenoxy) is 4. The van der Waals surface area contributed by atoms with Gasteiger partial charge in [-0.15, -0.1) is 0 Å². The molecule has 0 radical (unpaired) electrons. The number of rotatable bonds is 74. The van der Waals surface area contributed by atoms with Gasteiger partial charge in [-0.05, 0) is 109 Å². The molecule has 17 nitrogen and oxygen atoms in total. The van der Waals surface area contributed by atoms with Crippen LogP contribution in [0.4, 0.5) is 0 Å². The molecule has 0 aliphatic heterocycles. The van der Waals surface area contributed by atoms with Crippen LogP contribution in [-0.2, 0) is 65.4 Å². The molecule has 0 amide bonds. The van der Waals surface area contributed by atoms with Crippen LogP contribution in [0.5, 0.6) is 0 Å². The zero-order chi connectivity index (χ0) is 70.4. The predicted molar refractivity (Wildman–Crippen MR) is 390 cm³/mol. The largest absolute Gasteiger partial charge is 0.472 e. The Hall–Kier alpha value is -2.98. The smallest absolute Gasteiger partial charge is 0.462 e. The van der Waals surface area contributed by atoms with Crippen molar-refractivity contribution in [3.05, 3.63) is 48.6 Å². The lowest BCUT2D eigenvalue weighted by molar-refractivity contribution is -0.161. The molecule has 0 aromatic rings. The van der Waals surface area contributed by atoms with E-state index in [9.17, 15) is 43.2 Å². The van der Waals surface area contributed by atoms with Crippen molar-refractivity contribution < 1.29 is 80.2 Å². The molecule has 0 aliphatic carbocycles. The Morgan fingerprint density at radius 3 is 0.812 bits per heavy atom. The summed E-state index contributed by atoms with van der Waals surface area (Å²) in [7, 11) is -9.94. The van der Waals surface area contributed by atoms with Crippen LogP contribution in [0.25, 0.3) is 0 Å². The number of hydrogen-bond donors (Lipinski definition) is 3. The molecule has 0 aromatic carbocycles. The molecule has 562 valence electrons. The number of carbonyl (C=O) groups is 4. The van der Waals surface area contributed by atoms with E-state index < -0.39 is 97.5 Å². The Morgan fingerprint density at radius 1 is 0.292 bits per heavy atom. The summed E-state index contributed by atoms with van der Waals surface area (Å²) >= 11 is 0. The molecule has 5 atom stereocenters. The molecule has 0 saturated heterocycles. The molecule has 0 spiro atoms. The Bertz CT molecular complexity index is 2010. The Morgan fingerprint density at radius 2 is 0.510 bits per heavy atom. The second kappa shape index (κ2) is 70.5. The predicted octanol–water partition coefficient (Wildman–Crippen LogP) is 22.1. The molecule has 0 rings (SSSR count). The Balaban J connectivity index is 5.33. The second-order valence-electron chi connectivity index (χ2n) is 26.3. The minimum Gasteiger partial charge on any atom is -0.462 e. The zero-order valence-corrected chi connectivity index (χ0v) is 63.1. The normalized spacial score (nSPS) is 14.2. The highest BCUT2D eigenvalue weighted by Gasteiger charge is 2.30. The highest BCUT2D eigenvalue weighted by atomic mass is 31.2. The van der Waals surface area contributed by atoms with Crippen LogP contribution in [-0.4, -0.2) is 96.7 Å². The minimum atomic E-state index is -4.97. The Kier molecular flexibility index (Phi) is 68.3. The van der Waals surface area contributed by atoms with E-state index in [1.165, 1.54) is 135 Å². The van der Waals surface area contributed by atoms with E-state index >= 15 is 0 Å². The molecule has 0 bridgehead atoms. The lowest BCUT2D eigenvalue weighted by Gasteiger charge is -2.21. The topological polar surface area (TPSA) is 237 Å². The fraction of sp³-hybridized carbons (Fsp3) is 0.844. The molecular formula is C77H142O17P2. The monoisotopic (exact) mass is 1400 g/mol. The summed E-state index contributed by atoms with van der Waals surface area (Å²) < 4.78 is 68.5. The number of aliphatic hydroxyl groups excluding tert-OH is 1. The first-order valence-corrected chi connectivity index (χ1v) is 41.9. The summed E-state index contributed by atoms with van der Waals surface area (Å²) in [6.07, 6.45) is 66.6. The summed E-state index contributed by atoms with van der Waals surface area (Å²) in [6, 6.07) is 0. The van der Waals surface area contributed by atoms with Crippen LogP contribution < -0.4 is 0 Å². The molecule has 0 heterocycles. The van der Waals surface area contributed by atoms with Crippen molar-refractivity contribution in [1.29, 1.82) is 0 Å². The number of esters is 4. The second-order valence-corrected chi connectivity index (χ2v) is 29.2. The van der Waals surface area contributed by atoms with E-state index in [-0.39, 0.29) is 25.7 Å². The van der Waals surface area contributed by atoms with Crippen molar-refractivity contribution in [3.63, 3.8) is 0 Å². The zero-order valence-electron chi connectivity index (χ0n) is 61.3. The summed E-state index contributed by atoms with van der Waals surface area (Å²) in [4.78, 5) is 72.8. The van der Waals surface area contributed by atoms with E-state index in [4.69, 9.17) is 37.0 Å². The number of allylic oxidation sites excluding steroid dienone is 8.